The van der Waals surface area contributed by atoms with Gasteiger partial charge in [-0.05, 0) is 49.5 Å². The summed E-state index contributed by atoms with van der Waals surface area (Å²) in [6.45, 7) is 0.481. The van der Waals surface area contributed by atoms with E-state index in [0.29, 0.717) is 24.3 Å². The molecule has 2 aliphatic rings. The molecule has 0 saturated heterocycles. The number of rotatable bonds is 6. The first kappa shape index (κ1) is 14.1. The van der Waals surface area contributed by atoms with Crippen LogP contribution >= 0.6 is 11.6 Å². The smallest absolute Gasteiger partial charge is 0.266 e. The maximum atomic E-state index is 12.2. The standard InChI is InChI=1S/C13H17ClN2O3S/c14-12-5-10(6-15-13(12)17)20(18,19)16-7-11(8-1-2-8)9-3-4-9/h5-6,8-9,11,16H,1-4,7H2,(H,15,17). The molecule has 2 N–H and O–H groups in total. The highest BCUT2D eigenvalue weighted by atomic mass is 35.5. The molecule has 5 nitrogen and oxygen atoms in total. The highest BCUT2D eigenvalue weighted by molar-refractivity contribution is 7.89. The Balaban J connectivity index is 1.71. The highest BCUT2D eigenvalue weighted by Crippen LogP contribution is 2.48. The third kappa shape index (κ3) is 3.07. The summed E-state index contributed by atoms with van der Waals surface area (Å²) in [6, 6.07) is 1.19. The molecule has 3 rings (SSSR count). The first-order valence-corrected chi connectivity index (χ1v) is 8.71. The van der Waals surface area contributed by atoms with E-state index < -0.39 is 15.6 Å². The fraction of sp³-hybridized carbons (Fsp3) is 0.615. The zero-order chi connectivity index (χ0) is 14.3. The number of H-pyrrole nitrogens is 1. The predicted octanol–water partition coefficient (Wildman–Crippen LogP) is 1.74. The summed E-state index contributed by atoms with van der Waals surface area (Å²) in [5, 5.41) is -0.117. The molecule has 0 unspecified atom stereocenters. The van der Waals surface area contributed by atoms with Crippen LogP contribution in [-0.4, -0.2) is 19.9 Å². The molecular formula is C13H17ClN2O3S. The van der Waals surface area contributed by atoms with E-state index in [0.717, 1.165) is 0 Å². The third-order valence-electron chi connectivity index (χ3n) is 4.11. The van der Waals surface area contributed by atoms with Gasteiger partial charge in [-0.15, -0.1) is 0 Å². The van der Waals surface area contributed by atoms with Crippen LogP contribution in [0.1, 0.15) is 25.7 Å². The molecule has 2 aliphatic carbocycles. The maximum absolute atomic E-state index is 12.2. The van der Waals surface area contributed by atoms with Crippen molar-refractivity contribution in [2.75, 3.05) is 6.54 Å². The van der Waals surface area contributed by atoms with Crippen molar-refractivity contribution in [2.24, 2.45) is 17.8 Å². The highest BCUT2D eigenvalue weighted by Gasteiger charge is 2.41. The van der Waals surface area contributed by atoms with Crippen LogP contribution in [0, 0.1) is 17.8 Å². The number of hydrogen-bond acceptors (Lipinski definition) is 3. The van der Waals surface area contributed by atoms with Gasteiger partial charge in [-0.25, -0.2) is 13.1 Å². The van der Waals surface area contributed by atoms with Crippen molar-refractivity contribution in [3.05, 3.63) is 27.6 Å². The Morgan fingerprint density at radius 1 is 1.30 bits per heavy atom. The molecule has 0 aromatic carbocycles. The van der Waals surface area contributed by atoms with Crippen molar-refractivity contribution in [1.82, 2.24) is 9.71 Å². The minimum Gasteiger partial charge on any atom is -0.326 e. The van der Waals surface area contributed by atoms with E-state index in [9.17, 15) is 13.2 Å². The monoisotopic (exact) mass is 316 g/mol. The van der Waals surface area contributed by atoms with Gasteiger partial charge in [0.2, 0.25) is 10.0 Å². The van der Waals surface area contributed by atoms with Gasteiger partial charge in [-0.3, -0.25) is 4.79 Å². The second-order valence-electron chi connectivity index (χ2n) is 5.70. The van der Waals surface area contributed by atoms with Gasteiger partial charge in [0.1, 0.15) is 5.02 Å². The van der Waals surface area contributed by atoms with Crippen molar-refractivity contribution in [3.63, 3.8) is 0 Å². The van der Waals surface area contributed by atoms with Gasteiger partial charge in [0.05, 0.1) is 4.90 Å². The second kappa shape index (κ2) is 5.16. The summed E-state index contributed by atoms with van der Waals surface area (Å²) >= 11 is 5.67. The van der Waals surface area contributed by atoms with Crippen LogP contribution in [0.5, 0.6) is 0 Å². The van der Waals surface area contributed by atoms with E-state index >= 15 is 0 Å². The van der Waals surface area contributed by atoms with E-state index in [-0.39, 0.29) is 9.92 Å². The molecule has 0 radical (unpaired) electrons. The Labute approximate surface area is 122 Å². The van der Waals surface area contributed by atoms with Crippen LogP contribution in [0.3, 0.4) is 0 Å². The number of hydrogen-bond donors (Lipinski definition) is 2. The minimum absolute atomic E-state index is 0.00689. The molecule has 1 aromatic heterocycles. The molecule has 0 aliphatic heterocycles. The van der Waals surface area contributed by atoms with E-state index in [1.807, 2.05) is 0 Å². The average molecular weight is 317 g/mol. The van der Waals surface area contributed by atoms with Crippen molar-refractivity contribution in [2.45, 2.75) is 30.6 Å². The van der Waals surface area contributed by atoms with Gasteiger partial charge in [0, 0.05) is 12.7 Å². The Morgan fingerprint density at radius 3 is 2.40 bits per heavy atom. The quantitative estimate of drug-likeness (QED) is 0.839. The largest absolute Gasteiger partial charge is 0.326 e. The SMILES string of the molecule is O=c1[nH]cc(S(=O)(=O)NCC(C2CC2)C2CC2)cc1Cl. The van der Waals surface area contributed by atoms with Crippen LogP contribution < -0.4 is 10.3 Å². The molecule has 110 valence electrons. The molecule has 0 atom stereocenters. The van der Waals surface area contributed by atoms with Crippen molar-refractivity contribution in [1.29, 1.82) is 0 Å². The number of nitrogens with one attached hydrogen (secondary N) is 2. The number of pyridine rings is 1. The summed E-state index contributed by atoms with van der Waals surface area (Å²) in [6.07, 6.45) is 6.04. The van der Waals surface area contributed by atoms with Gasteiger partial charge in [0.25, 0.3) is 5.56 Å². The van der Waals surface area contributed by atoms with Crippen molar-refractivity contribution >= 4 is 21.6 Å². The topological polar surface area (TPSA) is 79.0 Å². The third-order valence-corrected chi connectivity index (χ3v) is 5.79. The van der Waals surface area contributed by atoms with Gasteiger partial charge >= 0.3 is 0 Å². The van der Waals surface area contributed by atoms with Crippen LogP contribution in [-0.2, 0) is 10.0 Å². The van der Waals surface area contributed by atoms with E-state index in [4.69, 9.17) is 11.6 Å². The Hall–Kier alpha value is -0.850. The number of sulfonamides is 1. The Bertz CT molecular complexity index is 650. The van der Waals surface area contributed by atoms with Crippen LogP contribution in [0.15, 0.2) is 22.0 Å². The second-order valence-corrected chi connectivity index (χ2v) is 7.88. The number of aromatic amines is 1. The summed E-state index contributed by atoms with van der Waals surface area (Å²) in [4.78, 5) is 13.5. The normalized spacial score (nSPS) is 19.5. The molecule has 2 fully saturated rings. The van der Waals surface area contributed by atoms with Crippen LogP contribution in [0.25, 0.3) is 0 Å². The Kier molecular flexibility index (Phi) is 3.64. The van der Waals surface area contributed by atoms with Crippen molar-refractivity contribution < 1.29 is 8.42 Å². The summed E-state index contributed by atoms with van der Waals surface area (Å²) in [7, 11) is -3.61. The molecule has 0 spiro atoms. The fourth-order valence-corrected chi connectivity index (χ4v) is 3.95. The van der Waals surface area contributed by atoms with Crippen LogP contribution in [0.4, 0.5) is 0 Å². The zero-order valence-corrected chi connectivity index (χ0v) is 12.5. The zero-order valence-electron chi connectivity index (χ0n) is 10.9. The fourth-order valence-electron chi connectivity index (χ4n) is 2.65. The first-order chi connectivity index (χ1) is 9.47. The lowest BCUT2D eigenvalue weighted by Crippen LogP contribution is -2.31. The van der Waals surface area contributed by atoms with E-state index in [1.54, 1.807) is 0 Å². The molecule has 1 aromatic rings. The summed E-state index contributed by atoms with van der Waals surface area (Å²) in [5.74, 6) is 1.83. The van der Waals surface area contributed by atoms with Crippen LogP contribution in [0.2, 0.25) is 5.02 Å². The summed E-state index contributed by atoms with van der Waals surface area (Å²) < 4.78 is 27.0. The molecule has 20 heavy (non-hydrogen) atoms. The molecule has 7 heteroatoms. The average Bonchev–Trinajstić information content (AvgIpc) is 3.25. The number of aromatic nitrogens is 1. The predicted molar refractivity (Wildman–Crippen MR) is 76.2 cm³/mol. The lowest BCUT2D eigenvalue weighted by molar-refractivity contribution is 0.401. The van der Waals surface area contributed by atoms with Gasteiger partial charge < -0.3 is 4.98 Å². The lowest BCUT2D eigenvalue weighted by atomic mass is 9.99. The van der Waals surface area contributed by atoms with Crippen molar-refractivity contribution in [3.8, 4) is 0 Å². The van der Waals surface area contributed by atoms with Gasteiger partial charge in [-0.1, -0.05) is 11.6 Å². The van der Waals surface area contributed by atoms with Gasteiger partial charge in [0.15, 0.2) is 0 Å². The lowest BCUT2D eigenvalue weighted by Gasteiger charge is -2.16. The minimum atomic E-state index is -3.61. The molecule has 1 heterocycles. The van der Waals surface area contributed by atoms with E-state index in [2.05, 4.69) is 9.71 Å². The Morgan fingerprint density at radius 2 is 1.90 bits per heavy atom. The maximum Gasteiger partial charge on any atom is 0.266 e. The van der Waals surface area contributed by atoms with E-state index in [1.165, 1.54) is 37.9 Å². The van der Waals surface area contributed by atoms with Gasteiger partial charge in [-0.2, -0.15) is 0 Å². The molecule has 0 bridgehead atoms. The number of halogens is 1. The molecule has 0 amide bonds. The molecular weight excluding hydrogens is 300 g/mol. The summed E-state index contributed by atoms with van der Waals surface area (Å²) in [5.41, 5.74) is -0.487. The first-order valence-electron chi connectivity index (χ1n) is 6.85. The molecule has 2 saturated carbocycles.